The number of hydrogen-bond acceptors (Lipinski definition) is 2. The van der Waals surface area contributed by atoms with Crippen LogP contribution >= 0.6 is 24.8 Å². The van der Waals surface area contributed by atoms with E-state index in [-0.39, 0.29) is 24.8 Å². The number of aromatic nitrogens is 2. The van der Waals surface area contributed by atoms with Gasteiger partial charge in [0.05, 0.1) is 12.0 Å². The van der Waals surface area contributed by atoms with Crippen molar-refractivity contribution in [1.82, 2.24) is 15.3 Å². The maximum atomic E-state index is 4.00. The Labute approximate surface area is 90.5 Å². The smallest absolute Gasteiger partial charge is 0.0922 e. The van der Waals surface area contributed by atoms with Gasteiger partial charge in [0.2, 0.25) is 0 Å². The number of aromatic amines is 1. The van der Waals surface area contributed by atoms with Crippen molar-refractivity contribution in [3.05, 3.63) is 18.2 Å². The number of imidazole rings is 1. The van der Waals surface area contributed by atoms with Gasteiger partial charge in [0.1, 0.15) is 0 Å². The first kappa shape index (κ1) is 12.8. The maximum Gasteiger partial charge on any atom is 0.0922 e. The quantitative estimate of drug-likeness (QED) is 0.766. The number of piperidine rings is 1. The van der Waals surface area contributed by atoms with E-state index >= 15 is 0 Å². The van der Waals surface area contributed by atoms with Crippen molar-refractivity contribution in [3.63, 3.8) is 0 Å². The summed E-state index contributed by atoms with van der Waals surface area (Å²) in [6, 6.07) is 0.520. The topological polar surface area (TPSA) is 40.7 Å². The predicted octanol–water partition coefficient (Wildman–Crippen LogP) is 2.07. The molecule has 2 N–H and O–H groups in total. The zero-order valence-corrected chi connectivity index (χ0v) is 8.96. The minimum absolute atomic E-state index is 0. The highest BCUT2D eigenvalue weighted by atomic mass is 35.5. The van der Waals surface area contributed by atoms with Crippen LogP contribution in [0.5, 0.6) is 0 Å². The summed E-state index contributed by atoms with van der Waals surface area (Å²) in [4.78, 5) is 7.14. The highest BCUT2D eigenvalue weighted by molar-refractivity contribution is 5.85. The van der Waals surface area contributed by atoms with Crippen LogP contribution in [0.25, 0.3) is 0 Å². The lowest BCUT2D eigenvalue weighted by atomic mass is 10.0. The first-order chi connectivity index (χ1) is 5.47. The van der Waals surface area contributed by atoms with Crippen LogP contribution in [0.2, 0.25) is 0 Å². The second-order valence-corrected chi connectivity index (χ2v) is 3.01. The fourth-order valence-electron chi connectivity index (χ4n) is 1.57. The van der Waals surface area contributed by atoms with Crippen LogP contribution in [0.1, 0.15) is 31.0 Å². The summed E-state index contributed by atoms with van der Waals surface area (Å²) in [5, 5.41) is 3.45. The van der Waals surface area contributed by atoms with E-state index in [2.05, 4.69) is 15.3 Å². The Balaban J connectivity index is 0.000000720. The molecule has 13 heavy (non-hydrogen) atoms. The highest BCUT2D eigenvalue weighted by Crippen LogP contribution is 2.19. The summed E-state index contributed by atoms with van der Waals surface area (Å²) in [6.07, 6.45) is 7.53. The van der Waals surface area contributed by atoms with E-state index in [1.54, 1.807) is 6.33 Å². The number of H-pyrrole nitrogens is 1. The minimum atomic E-state index is 0. The summed E-state index contributed by atoms with van der Waals surface area (Å²) in [6.45, 7) is 1.14. The third kappa shape index (κ3) is 3.18. The van der Waals surface area contributed by atoms with E-state index in [0.717, 1.165) is 6.54 Å². The molecule has 1 unspecified atom stereocenters. The molecule has 1 aromatic rings. The van der Waals surface area contributed by atoms with Gasteiger partial charge in [-0.15, -0.1) is 24.8 Å². The zero-order valence-electron chi connectivity index (χ0n) is 7.32. The molecule has 1 aliphatic heterocycles. The van der Waals surface area contributed by atoms with Gasteiger partial charge in [0, 0.05) is 12.2 Å². The second kappa shape index (κ2) is 6.24. The van der Waals surface area contributed by atoms with Gasteiger partial charge < -0.3 is 10.3 Å². The van der Waals surface area contributed by atoms with Crippen LogP contribution in [0.4, 0.5) is 0 Å². The van der Waals surface area contributed by atoms with Gasteiger partial charge >= 0.3 is 0 Å². The lowest BCUT2D eigenvalue weighted by Gasteiger charge is -2.21. The SMILES string of the molecule is Cl.Cl.c1ncc(C2CCCCN2)[nH]1. The Morgan fingerprint density at radius 3 is 2.69 bits per heavy atom. The molecular formula is C8H15Cl2N3. The van der Waals surface area contributed by atoms with E-state index in [0.29, 0.717) is 6.04 Å². The Hall–Kier alpha value is -0.250. The Morgan fingerprint density at radius 2 is 2.15 bits per heavy atom. The Morgan fingerprint density at radius 1 is 1.31 bits per heavy atom. The molecule has 0 aliphatic carbocycles. The molecule has 0 radical (unpaired) electrons. The monoisotopic (exact) mass is 223 g/mol. The molecule has 0 bridgehead atoms. The summed E-state index contributed by atoms with van der Waals surface area (Å²) in [5.74, 6) is 0. The summed E-state index contributed by atoms with van der Waals surface area (Å²) < 4.78 is 0. The van der Waals surface area contributed by atoms with E-state index in [1.165, 1.54) is 25.0 Å². The van der Waals surface area contributed by atoms with Gasteiger partial charge in [-0.3, -0.25) is 0 Å². The van der Waals surface area contributed by atoms with E-state index in [1.807, 2.05) is 6.20 Å². The lowest BCUT2D eigenvalue weighted by Crippen LogP contribution is -2.26. The van der Waals surface area contributed by atoms with Crippen LogP contribution in [0.3, 0.4) is 0 Å². The van der Waals surface area contributed by atoms with Crippen LogP contribution < -0.4 is 5.32 Å². The molecule has 1 aliphatic rings. The molecule has 0 saturated carbocycles. The van der Waals surface area contributed by atoms with E-state index in [4.69, 9.17) is 0 Å². The molecule has 0 aromatic carbocycles. The third-order valence-corrected chi connectivity index (χ3v) is 2.21. The minimum Gasteiger partial charge on any atom is -0.347 e. The van der Waals surface area contributed by atoms with Crippen molar-refractivity contribution in [2.45, 2.75) is 25.3 Å². The van der Waals surface area contributed by atoms with Crippen molar-refractivity contribution < 1.29 is 0 Å². The number of rotatable bonds is 1. The first-order valence-corrected chi connectivity index (χ1v) is 4.18. The van der Waals surface area contributed by atoms with Crippen LogP contribution in [-0.2, 0) is 0 Å². The van der Waals surface area contributed by atoms with Gasteiger partial charge in [-0.25, -0.2) is 4.98 Å². The van der Waals surface area contributed by atoms with Crippen molar-refractivity contribution in [1.29, 1.82) is 0 Å². The predicted molar refractivity (Wildman–Crippen MR) is 57.7 cm³/mol. The first-order valence-electron chi connectivity index (χ1n) is 4.18. The molecule has 1 aromatic heterocycles. The average Bonchev–Trinajstić information content (AvgIpc) is 2.58. The van der Waals surface area contributed by atoms with Crippen molar-refractivity contribution in [3.8, 4) is 0 Å². The number of nitrogens with zero attached hydrogens (tertiary/aromatic N) is 1. The fraction of sp³-hybridized carbons (Fsp3) is 0.625. The van der Waals surface area contributed by atoms with Gasteiger partial charge in [0.25, 0.3) is 0 Å². The second-order valence-electron chi connectivity index (χ2n) is 3.01. The number of hydrogen-bond donors (Lipinski definition) is 2. The fourth-order valence-corrected chi connectivity index (χ4v) is 1.57. The highest BCUT2D eigenvalue weighted by Gasteiger charge is 2.14. The standard InChI is InChI=1S/C8H13N3.2ClH/c1-2-4-10-7(3-1)8-5-9-6-11-8;;/h5-7,10H,1-4H2,(H,9,11);2*1H. The van der Waals surface area contributed by atoms with Gasteiger partial charge in [-0.05, 0) is 19.4 Å². The largest absolute Gasteiger partial charge is 0.347 e. The molecule has 3 nitrogen and oxygen atoms in total. The Kier molecular flexibility index (Phi) is 6.12. The summed E-state index contributed by atoms with van der Waals surface area (Å²) in [5.41, 5.74) is 1.23. The molecule has 1 saturated heterocycles. The van der Waals surface area contributed by atoms with Gasteiger partial charge in [0.15, 0.2) is 0 Å². The van der Waals surface area contributed by atoms with Gasteiger partial charge in [-0.1, -0.05) is 6.42 Å². The zero-order chi connectivity index (χ0) is 7.52. The molecule has 76 valence electrons. The summed E-state index contributed by atoms with van der Waals surface area (Å²) in [7, 11) is 0. The Bertz CT molecular complexity index is 207. The molecule has 2 heterocycles. The van der Waals surface area contributed by atoms with Gasteiger partial charge in [-0.2, -0.15) is 0 Å². The molecule has 0 amide bonds. The van der Waals surface area contributed by atoms with Crippen molar-refractivity contribution in [2.24, 2.45) is 0 Å². The number of halogens is 2. The third-order valence-electron chi connectivity index (χ3n) is 2.21. The molecule has 1 atom stereocenters. The molecule has 0 spiro atoms. The van der Waals surface area contributed by atoms with Crippen LogP contribution in [0.15, 0.2) is 12.5 Å². The van der Waals surface area contributed by atoms with Crippen molar-refractivity contribution in [2.75, 3.05) is 6.54 Å². The lowest BCUT2D eigenvalue weighted by molar-refractivity contribution is 0.406. The average molecular weight is 224 g/mol. The number of nitrogens with one attached hydrogen (secondary N) is 2. The maximum absolute atomic E-state index is 4.00. The normalized spacial score (nSPS) is 21.4. The molecule has 2 rings (SSSR count). The molecule has 5 heteroatoms. The van der Waals surface area contributed by atoms with E-state index < -0.39 is 0 Å². The molecule has 1 fully saturated rings. The van der Waals surface area contributed by atoms with Crippen LogP contribution in [0, 0.1) is 0 Å². The van der Waals surface area contributed by atoms with Crippen LogP contribution in [-0.4, -0.2) is 16.5 Å². The van der Waals surface area contributed by atoms with E-state index in [9.17, 15) is 0 Å². The molecular weight excluding hydrogens is 209 g/mol. The van der Waals surface area contributed by atoms with Crippen molar-refractivity contribution >= 4 is 24.8 Å². The summed E-state index contributed by atoms with van der Waals surface area (Å²) >= 11 is 0.